The molecule has 1 aliphatic rings. The fraction of sp³-hybridized carbons (Fsp3) is 0.476. The Balaban J connectivity index is 1.49. The number of benzene rings is 1. The summed E-state index contributed by atoms with van der Waals surface area (Å²) in [7, 11) is 1.65. The summed E-state index contributed by atoms with van der Waals surface area (Å²) in [5, 5.41) is 13.3. The van der Waals surface area contributed by atoms with E-state index in [1.165, 1.54) is 0 Å². The number of rotatable bonds is 6. The van der Waals surface area contributed by atoms with Crippen molar-refractivity contribution in [2.45, 2.75) is 39.3 Å². The maximum atomic E-state index is 12.4. The molecule has 8 heteroatoms. The van der Waals surface area contributed by atoms with Crippen LogP contribution < -0.4 is 16.0 Å². The van der Waals surface area contributed by atoms with Crippen molar-refractivity contribution < 1.29 is 9.59 Å². The number of hydrogen-bond acceptors (Lipinski definition) is 4. The number of nitrogens with zero attached hydrogens (tertiary/aromatic N) is 3. The third-order valence-electron chi connectivity index (χ3n) is 5.44. The van der Waals surface area contributed by atoms with Gasteiger partial charge >= 0.3 is 6.03 Å². The molecule has 1 aromatic heterocycles. The van der Waals surface area contributed by atoms with E-state index < -0.39 is 0 Å². The number of likely N-dealkylation sites (N-methyl/N-ethyl adjacent to an activating group) is 1. The average molecular weight is 399 g/mol. The van der Waals surface area contributed by atoms with Crippen molar-refractivity contribution in [1.29, 1.82) is 0 Å². The molecule has 8 nitrogen and oxygen atoms in total. The van der Waals surface area contributed by atoms with Gasteiger partial charge in [-0.15, -0.1) is 0 Å². The van der Waals surface area contributed by atoms with E-state index in [-0.39, 0.29) is 18.0 Å². The average Bonchev–Trinajstić information content (AvgIpc) is 3.02. The first-order valence-electron chi connectivity index (χ1n) is 10.1. The Kier molecular flexibility index (Phi) is 6.87. The second kappa shape index (κ2) is 9.56. The lowest BCUT2D eigenvalue weighted by Crippen LogP contribution is -2.49. The molecule has 1 aliphatic heterocycles. The summed E-state index contributed by atoms with van der Waals surface area (Å²) in [6.45, 7) is 6.44. The molecule has 0 unspecified atom stereocenters. The van der Waals surface area contributed by atoms with Crippen LogP contribution in [0.15, 0.2) is 30.3 Å². The highest BCUT2D eigenvalue weighted by Crippen LogP contribution is 2.17. The lowest BCUT2D eigenvalue weighted by molar-refractivity contribution is -0.122. The van der Waals surface area contributed by atoms with Gasteiger partial charge in [-0.2, -0.15) is 5.10 Å². The van der Waals surface area contributed by atoms with E-state index in [2.05, 4.69) is 25.9 Å². The van der Waals surface area contributed by atoms with Crippen LogP contribution in [0.2, 0.25) is 0 Å². The lowest BCUT2D eigenvalue weighted by Gasteiger charge is -2.31. The molecule has 0 aliphatic carbocycles. The largest absolute Gasteiger partial charge is 0.358 e. The Morgan fingerprint density at radius 2 is 1.83 bits per heavy atom. The zero-order valence-electron chi connectivity index (χ0n) is 17.4. The van der Waals surface area contributed by atoms with E-state index in [1.807, 2.05) is 48.9 Å². The fourth-order valence-corrected chi connectivity index (χ4v) is 3.67. The summed E-state index contributed by atoms with van der Waals surface area (Å²) in [6, 6.07) is 9.94. The monoisotopic (exact) mass is 398 g/mol. The van der Waals surface area contributed by atoms with Gasteiger partial charge < -0.3 is 16.0 Å². The Morgan fingerprint density at radius 1 is 1.14 bits per heavy atom. The number of likely N-dealkylation sites (tertiary alicyclic amines) is 1. The molecule has 29 heavy (non-hydrogen) atoms. The number of piperidine rings is 1. The smallest absolute Gasteiger partial charge is 0.315 e. The van der Waals surface area contributed by atoms with Gasteiger partial charge in [0.2, 0.25) is 5.91 Å². The molecular weight excluding hydrogens is 368 g/mol. The molecule has 1 fully saturated rings. The molecule has 3 N–H and O–H groups in total. The van der Waals surface area contributed by atoms with Crippen LogP contribution in [0, 0.1) is 13.8 Å². The quantitative estimate of drug-likeness (QED) is 0.688. The number of para-hydroxylation sites is 1. The van der Waals surface area contributed by atoms with Crippen LogP contribution >= 0.6 is 0 Å². The van der Waals surface area contributed by atoms with Gasteiger partial charge in [0.05, 0.1) is 17.9 Å². The normalized spacial score (nSPS) is 15.1. The Morgan fingerprint density at radius 3 is 2.48 bits per heavy atom. The molecule has 0 bridgehead atoms. The number of nitrogens with one attached hydrogen (secondary N) is 3. The van der Waals surface area contributed by atoms with Gasteiger partial charge in [0.15, 0.2) is 0 Å². The van der Waals surface area contributed by atoms with E-state index in [4.69, 9.17) is 0 Å². The highest BCUT2D eigenvalue weighted by molar-refractivity contribution is 5.77. The van der Waals surface area contributed by atoms with Gasteiger partial charge in [-0.3, -0.25) is 9.69 Å². The first kappa shape index (κ1) is 20.9. The highest BCUT2D eigenvalue weighted by atomic mass is 16.2. The number of carbonyl (C=O) groups is 2. The van der Waals surface area contributed by atoms with Gasteiger partial charge in [-0.05, 0) is 38.8 Å². The van der Waals surface area contributed by atoms with Crippen LogP contribution in [0.25, 0.3) is 5.69 Å². The summed E-state index contributed by atoms with van der Waals surface area (Å²) in [6.07, 6.45) is 1.68. The van der Waals surface area contributed by atoms with Crippen LogP contribution in [-0.4, -0.2) is 59.3 Å². The highest BCUT2D eigenvalue weighted by Gasteiger charge is 2.22. The standard InChI is InChI=1S/C21H30N6O2/c1-15-19(16(2)27(25-15)18-7-5-4-6-8-18)13-23-21(29)24-17-9-11-26(12-10-17)14-20(28)22-3/h4-8,17H,9-14H2,1-3H3,(H,22,28)(H2,23,24,29). The van der Waals surface area contributed by atoms with E-state index in [9.17, 15) is 9.59 Å². The Hall–Kier alpha value is -2.87. The fourth-order valence-electron chi connectivity index (χ4n) is 3.67. The van der Waals surface area contributed by atoms with Crippen molar-refractivity contribution in [2.24, 2.45) is 0 Å². The molecule has 3 rings (SSSR count). The van der Waals surface area contributed by atoms with Crippen molar-refractivity contribution in [3.63, 3.8) is 0 Å². The number of aromatic nitrogens is 2. The number of hydrogen-bond donors (Lipinski definition) is 3. The van der Waals surface area contributed by atoms with Crippen LogP contribution in [0.3, 0.4) is 0 Å². The topological polar surface area (TPSA) is 91.3 Å². The van der Waals surface area contributed by atoms with Gasteiger partial charge in [-0.1, -0.05) is 18.2 Å². The molecule has 0 atom stereocenters. The number of urea groups is 1. The Labute approximate surface area is 171 Å². The minimum atomic E-state index is -0.166. The Bertz CT molecular complexity index is 840. The molecule has 0 radical (unpaired) electrons. The van der Waals surface area contributed by atoms with Crippen molar-refractivity contribution >= 4 is 11.9 Å². The molecule has 0 saturated carbocycles. The molecule has 1 saturated heterocycles. The predicted octanol–water partition coefficient (Wildman–Crippen LogP) is 1.50. The summed E-state index contributed by atoms with van der Waals surface area (Å²) in [4.78, 5) is 25.9. The first-order chi connectivity index (χ1) is 14.0. The third-order valence-corrected chi connectivity index (χ3v) is 5.44. The number of amides is 3. The summed E-state index contributed by atoms with van der Waals surface area (Å²) in [5.74, 6) is 0.0240. The van der Waals surface area contributed by atoms with Crippen LogP contribution in [-0.2, 0) is 11.3 Å². The van der Waals surface area contributed by atoms with Crippen molar-refractivity contribution in [1.82, 2.24) is 30.6 Å². The predicted molar refractivity (Wildman–Crippen MR) is 112 cm³/mol. The van der Waals surface area contributed by atoms with Crippen LogP contribution in [0.4, 0.5) is 4.79 Å². The van der Waals surface area contributed by atoms with Crippen LogP contribution in [0.1, 0.15) is 29.8 Å². The lowest BCUT2D eigenvalue weighted by atomic mass is 10.1. The third kappa shape index (κ3) is 5.35. The molecule has 1 aromatic carbocycles. The minimum absolute atomic E-state index is 0.0240. The molecular formula is C21H30N6O2. The zero-order chi connectivity index (χ0) is 20.8. The van der Waals surface area contributed by atoms with Gasteiger partial charge in [-0.25, -0.2) is 9.48 Å². The second-order valence-electron chi connectivity index (χ2n) is 7.45. The second-order valence-corrected chi connectivity index (χ2v) is 7.45. The number of aryl methyl sites for hydroxylation is 1. The van der Waals surface area contributed by atoms with Crippen molar-refractivity contribution in [3.8, 4) is 5.69 Å². The summed E-state index contributed by atoms with van der Waals surface area (Å²) in [5.41, 5.74) is 3.97. The van der Waals surface area contributed by atoms with Crippen molar-refractivity contribution in [3.05, 3.63) is 47.3 Å². The SMILES string of the molecule is CNC(=O)CN1CCC(NC(=O)NCc2c(C)nn(-c3ccccc3)c2C)CC1. The summed E-state index contributed by atoms with van der Waals surface area (Å²) >= 11 is 0. The van der Waals surface area contributed by atoms with Gasteiger partial charge in [0.1, 0.15) is 0 Å². The maximum absolute atomic E-state index is 12.4. The van der Waals surface area contributed by atoms with E-state index in [0.717, 1.165) is 48.6 Å². The molecule has 3 amide bonds. The van der Waals surface area contributed by atoms with Gasteiger partial charge in [0, 0.05) is 44.0 Å². The van der Waals surface area contributed by atoms with E-state index >= 15 is 0 Å². The number of carbonyl (C=O) groups excluding carboxylic acids is 2. The molecule has 2 heterocycles. The van der Waals surface area contributed by atoms with E-state index in [1.54, 1.807) is 7.05 Å². The molecule has 0 spiro atoms. The van der Waals surface area contributed by atoms with Crippen LogP contribution in [0.5, 0.6) is 0 Å². The molecule has 156 valence electrons. The minimum Gasteiger partial charge on any atom is -0.358 e. The van der Waals surface area contributed by atoms with E-state index in [0.29, 0.717) is 13.1 Å². The first-order valence-corrected chi connectivity index (χ1v) is 10.1. The van der Waals surface area contributed by atoms with Gasteiger partial charge in [0.25, 0.3) is 0 Å². The maximum Gasteiger partial charge on any atom is 0.315 e. The van der Waals surface area contributed by atoms with Crippen molar-refractivity contribution in [2.75, 3.05) is 26.7 Å². The molecule has 2 aromatic rings. The zero-order valence-corrected chi connectivity index (χ0v) is 17.4. The summed E-state index contributed by atoms with van der Waals surface area (Å²) < 4.78 is 1.91.